The highest BCUT2D eigenvalue weighted by atomic mass is 32.1. The second-order valence-corrected chi connectivity index (χ2v) is 10.5. The molecule has 0 aliphatic carbocycles. The summed E-state index contributed by atoms with van der Waals surface area (Å²) in [5.74, 6) is 0.413. The number of halogens is 3. The summed E-state index contributed by atoms with van der Waals surface area (Å²) in [5, 5.41) is 3.15. The van der Waals surface area contributed by atoms with Crippen molar-refractivity contribution in [2.24, 2.45) is 0 Å². The van der Waals surface area contributed by atoms with E-state index in [4.69, 9.17) is 13.9 Å². The Morgan fingerprint density at radius 3 is 2.86 bits per heavy atom. The largest absolute Gasteiger partial charge is 0.460 e. The number of rotatable bonds is 7. The molecular formula is C25H29F3N4O4S. The number of oxazole rings is 1. The van der Waals surface area contributed by atoms with Gasteiger partial charge in [0, 0.05) is 43.4 Å². The number of fused-ring (bicyclic) bond motifs is 2. The number of hydrogen-bond donors (Lipinski definition) is 1. The van der Waals surface area contributed by atoms with E-state index >= 15 is 0 Å². The van der Waals surface area contributed by atoms with Crippen LogP contribution in [-0.4, -0.2) is 71.9 Å². The SMILES string of the molecule is Cc1nc2ccc(C(=O)N[C@H]3CC[C@H](CCN4CCc5nc(OCC(F)(F)F)sc5CC4)OC3)cc2o1. The fourth-order valence-electron chi connectivity index (χ4n) is 4.74. The Morgan fingerprint density at radius 2 is 2.08 bits per heavy atom. The quantitative estimate of drug-likeness (QED) is 0.480. The number of ether oxygens (including phenoxy) is 2. The molecule has 1 amide bonds. The fraction of sp³-hybridized carbons (Fsp3) is 0.560. The van der Waals surface area contributed by atoms with Crippen LogP contribution in [0.3, 0.4) is 0 Å². The lowest BCUT2D eigenvalue weighted by molar-refractivity contribution is -0.153. The first-order chi connectivity index (χ1) is 17.7. The van der Waals surface area contributed by atoms with Gasteiger partial charge in [-0.2, -0.15) is 13.2 Å². The molecule has 1 saturated heterocycles. The van der Waals surface area contributed by atoms with Gasteiger partial charge in [-0.05, 0) is 43.9 Å². The Balaban J connectivity index is 1.03. The van der Waals surface area contributed by atoms with Gasteiger partial charge < -0.3 is 24.1 Å². The zero-order chi connectivity index (χ0) is 26.0. The smallest absolute Gasteiger partial charge is 0.422 e. The van der Waals surface area contributed by atoms with Crippen molar-refractivity contribution in [3.05, 3.63) is 40.2 Å². The molecule has 1 fully saturated rings. The monoisotopic (exact) mass is 538 g/mol. The lowest BCUT2D eigenvalue weighted by Crippen LogP contribution is -2.43. The molecule has 200 valence electrons. The highest BCUT2D eigenvalue weighted by molar-refractivity contribution is 7.13. The van der Waals surface area contributed by atoms with Gasteiger partial charge in [0.05, 0.1) is 24.4 Å². The zero-order valence-electron chi connectivity index (χ0n) is 20.5. The summed E-state index contributed by atoms with van der Waals surface area (Å²) in [5.41, 5.74) is 2.71. The highest BCUT2D eigenvalue weighted by Crippen LogP contribution is 2.30. The third kappa shape index (κ3) is 6.79. The number of carbonyl (C=O) groups is 1. The van der Waals surface area contributed by atoms with E-state index in [1.54, 1.807) is 25.1 Å². The number of thiazole rings is 1. The molecule has 12 heteroatoms. The molecule has 8 nitrogen and oxygen atoms in total. The van der Waals surface area contributed by atoms with Crippen LogP contribution in [0.1, 0.15) is 46.1 Å². The van der Waals surface area contributed by atoms with Crippen molar-refractivity contribution in [1.82, 2.24) is 20.2 Å². The van der Waals surface area contributed by atoms with Crippen LogP contribution in [-0.2, 0) is 17.6 Å². The number of alkyl halides is 3. The van der Waals surface area contributed by atoms with Gasteiger partial charge in [0.25, 0.3) is 11.1 Å². The Morgan fingerprint density at radius 1 is 1.24 bits per heavy atom. The number of amides is 1. The molecule has 1 N–H and O–H groups in total. The van der Waals surface area contributed by atoms with Crippen molar-refractivity contribution < 1.29 is 31.9 Å². The lowest BCUT2D eigenvalue weighted by Gasteiger charge is -2.31. The third-order valence-electron chi connectivity index (χ3n) is 6.67. The van der Waals surface area contributed by atoms with E-state index in [-0.39, 0.29) is 23.2 Å². The minimum atomic E-state index is -4.36. The first kappa shape index (κ1) is 25.9. The van der Waals surface area contributed by atoms with Crippen molar-refractivity contribution in [1.29, 1.82) is 0 Å². The summed E-state index contributed by atoms with van der Waals surface area (Å²) >= 11 is 1.21. The molecule has 2 aromatic heterocycles. The Labute approximate surface area is 216 Å². The number of aromatic nitrogens is 2. The van der Waals surface area contributed by atoms with Crippen LogP contribution in [0.25, 0.3) is 11.1 Å². The van der Waals surface area contributed by atoms with Crippen LogP contribution in [0.5, 0.6) is 5.19 Å². The highest BCUT2D eigenvalue weighted by Gasteiger charge is 2.30. The van der Waals surface area contributed by atoms with E-state index in [1.807, 2.05) is 0 Å². The van der Waals surface area contributed by atoms with Gasteiger partial charge in [0.1, 0.15) is 5.52 Å². The predicted octanol–water partition coefficient (Wildman–Crippen LogP) is 4.30. The second kappa shape index (κ2) is 11.0. The van der Waals surface area contributed by atoms with Crippen molar-refractivity contribution in [3.63, 3.8) is 0 Å². The van der Waals surface area contributed by atoms with Crippen molar-refractivity contribution in [2.45, 2.75) is 57.3 Å². The maximum atomic E-state index is 12.7. The summed E-state index contributed by atoms with van der Waals surface area (Å²) < 4.78 is 53.5. The Bertz CT molecular complexity index is 1210. The van der Waals surface area contributed by atoms with E-state index in [0.29, 0.717) is 30.1 Å². The zero-order valence-corrected chi connectivity index (χ0v) is 21.3. The molecular weight excluding hydrogens is 509 g/mol. The first-order valence-electron chi connectivity index (χ1n) is 12.4. The molecule has 0 saturated carbocycles. The van der Waals surface area contributed by atoms with Gasteiger partial charge in [0.15, 0.2) is 18.1 Å². The molecule has 2 atom stereocenters. The molecule has 2 aliphatic heterocycles. The number of hydrogen-bond acceptors (Lipinski definition) is 8. The van der Waals surface area contributed by atoms with Gasteiger partial charge >= 0.3 is 6.18 Å². The maximum Gasteiger partial charge on any atom is 0.422 e. The van der Waals surface area contributed by atoms with Crippen molar-refractivity contribution >= 4 is 28.3 Å². The summed E-state index contributed by atoms with van der Waals surface area (Å²) in [6.07, 6.45) is -0.167. The predicted molar refractivity (Wildman–Crippen MR) is 131 cm³/mol. The van der Waals surface area contributed by atoms with E-state index < -0.39 is 12.8 Å². The topological polar surface area (TPSA) is 89.7 Å². The van der Waals surface area contributed by atoms with Crippen LogP contribution in [0.2, 0.25) is 0 Å². The van der Waals surface area contributed by atoms with Crippen molar-refractivity contribution in [3.8, 4) is 5.19 Å². The Hall–Kier alpha value is -2.70. The molecule has 0 unspecified atom stereocenters. The second-order valence-electron chi connectivity index (χ2n) is 9.50. The number of carbonyl (C=O) groups excluding carboxylic acids is 1. The van der Waals surface area contributed by atoms with Crippen LogP contribution in [0.15, 0.2) is 22.6 Å². The fourth-order valence-corrected chi connectivity index (χ4v) is 5.68. The van der Waals surface area contributed by atoms with Crippen LogP contribution in [0.4, 0.5) is 13.2 Å². The minimum absolute atomic E-state index is 0.0371. The number of nitrogens with zero attached hydrogens (tertiary/aromatic N) is 3. The summed E-state index contributed by atoms with van der Waals surface area (Å²) in [4.78, 5) is 24.6. The molecule has 0 spiro atoms. The molecule has 37 heavy (non-hydrogen) atoms. The molecule has 1 aromatic carbocycles. The maximum absolute atomic E-state index is 12.7. The van der Waals surface area contributed by atoms with E-state index in [0.717, 1.165) is 61.4 Å². The molecule has 0 radical (unpaired) electrons. The van der Waals surface area contributed by atoms with Gasteiger partial charge in [-0.15, -0.1) is 0 Å². The minimum Gasteiger partial charge on any atom is -0.460 e. The number of benzene rings is 1. The lowest BCUT2D eigenvalue weighted by atomic mass is 10.0. The molecule has 0 bridgehead atoms. The van der Waals surface area contributed by atoms with Crippen LogP contribution < -0.4 is 10.1 Å². The Kier molecular flexibility index (Phi) is 7.68. The number of nitrogens with one attached hydrogen (secondary N) is 1. The molecule has 3 aromatic rings. The van der Waals surface area contributed by atoms with Crippen LogP contribution >= 0.6 is 11.3 Å². The standard InChI is InChI=1S/C25H29F3N4O4S/c1-15-29-19-5-2-16(12-21(19)36-15)23(33)30-17-3-4-18(34-13-17)6-9-32-10-7-20-22(8-11-32)37-24(31-20)35-14-25(26,27)28/h2,5,12,17-18H,3-4,6-11,13-14H2,1H3,(H,30,33)/t17-,18+/m0/s1. The third-order valence-corrected chi connectivity index (χ3v) is 7.74. The molecule has 4 heterocycles. The van der Waals surface area contributed by atoms with Crippen molar-refractivity contribution in [2.75, 3.05) is 32.8 Å². The first-order valence-corrected chi connectivity index (χ1v) is 13.2. The van der Waals surface area contributed by atoms with E-state index in [9.17, 15) is 18.0 Å². The molecule has 5 rings (SSSR count). The average Bonchev–Trinajstić information content (AvgIpc) is 3.38. The summed E-state index contributed by atoms with van der Waals surface area (Å²) in [6.45, 7) is 3.45. The summed E-state index contributed by atoms with van der Waals surface area (Å²) in [6, 6.07) is 5.21. The van der Waals surface area contributed by atoms with E-state index in [1.165, 1.54) is 11.3 Å². The molecule has 2 aliphatic rings. The normalized spacial score (nSPS) is 21.0. The number of aryl methyl sites for hydroxylation is 1. The van der Waals surface area contributed by atoms with Gasteiger partial charge in [-0.25, -0.2) is 9.97 Å². The van der Waals surface area contributed by atoms with Crippen LogP contribution in [0, 0.1) is 6.92 Å². The summed E-state index contributed by atoms with van der Waals surface area (Å²) in [7, 11) is 0. The van der Waals surface area contributed by atoms with Gasteiger partial charge in [-0.3, -0.25) is 4.79 Å². The van der Waals surface area contributed by atoms with Gasteiger partial charge in [-0.1, -0.05) is 11.3 Å². The van der Waals surface area contributed by atoms with E-state index in [2.05, 4.69) is 20.2 Å². The van der Waals surface area contributed by atoms with Gasteiger partial charge in [0.2, 0.25) is 0 Å². The average molecular weight is 539 g/mol.